The van der Waals surface area contributed by atoms with Crippen molar-refractivity contribution in [3.8, 4) is 0 Å². The smallest absolute Gasteiger partial charge is 0.407 e. The van der Waals surface area contributed by atoms with Gasteiger partial charge in [-0.15, -0.1) is 0 Å². The van der Waals surface area contributed by atoms with Crippen molar-refractivity contribution in [1.82, 2.24) is 31.5 Å². The number of hydrogen-bond donors (Lipinski definition) is 5. The molecule has 0 radical (unpaired) electrons. The molecule has 1 saturated carbocycles. The van der Waals surface area contributed by atoms with E-state index in [9.17, 15) is 9.59 Å². The molecule has 168 valence electrons. The third-order valence-electron chi connectivity index (χ3n) is 6.08. The maximum atomic E-state index is 12.5. The average Bonchev–Trinajstić information content (AvgIpc) is 3.45. The van der Waals surface area contributed by atoms with E-state index >= 15 is 0 Å². The lowest BCUT2D eigenvalue weighted by Crippen LogP contribution is -2.45. The van der Waals surface area contributed by atoms with Crippen LogP contribution < -0.4 is 21.5 Å². The standard InChI is InChI=1S/C22H32N6O3/c1-3-8-23-22(30)31-16-6-5-15(11-16)18-12-20(28-27-18)26-21(29)10-14-4-7-17-19(9-14)25-13(2)24-17/h4,7,9,15-16,18,20,27-28H,3,5-6,8,10-12H2,1-2H3,(H,23,30)(H,24,25)(H,26,29)/t15-,16+,18?,20?/m1/s1. The number of rotatable bonds is 7. The highest BCUT2D eigenvalue weighted by Crippen LogP contribution is 2.32. The lowest BCUT2D eigenvalue weighted by atomic mass is 9.96. The molecule has 2 unspecified atom stereocenters. The van der Waals surface area contributed by atoms with E-state index < -0.39 is 0 Å². The molecule has 0 bridgehead atoms. The molecule has 2 aromatic rings. The molecule has 9 heteroatoms. The number of imidazole rings is 1. The number of alkyl carbamates (subject to hydrolysis) is 1. The van der Waals surface area contributed by atoms with Crippen LogP contribution in [0.25, 0.3) is 11.0 Å². The normalized spacial score (nSPS) is 25.6. The number of nitrogens with one attached hydrogen (secondary N) is 5. The molecule has 5 N–H and O–H groups in total. The van der Waals surface area contributed by atoms with Crippen LogP contribution in [0.2, 0.25) is 0 Å². The molecule has 2 heterocycles. The van der Waals surface area contributed by atoms with Gasteiger partial charge in [0, 0.05) is 12.6 Å². The Morgan fingerprint density at radius 2 is 2.10 bits per heavy atom. The molecule has 1 aliphatic heterocycles. The highest BCUT2D eigenvalue weighted by molar-refractivity contribution is 5.82. The molecule has 1 saturated heterocycles. The maximum absolute atomic E-state index is 12.5. The molecule has 1 aromatic carbocycles. The van der Waals surface area contributed by atoms with Crippen molar-refractivity contribution in [3.63, 3.8) is 0 Å². The summed E-state index contributed by atoms with van der Waals surface area (Å²) in [5.74, 6) is 1.27. The number of hydrazine groups is 1. The Morgan fingerprint density at radius 3 is 2.94 bits per heavy atom. The average molecular weight is 429 g/mol. The molecule has 2 aliphatic rings. The van der Waals surface area contributed by atoms with E-state index in [-0.39, 0.29) is 30.3 Å². The molecule has 2 amide bonds. The van der Waals surface area contributed by atoms with Crippen LogP contribution in [0.4, 0.5) is 4.79 Å². The molecule has 9 nitrogen and oxygen atoms in total. The SMILES string of the molecule is CCCNC(=O)O[C@H]1CC[C@@H](C2CC(NC(=O)Cc3ccc4nc(C)[nH]c4c3)NN2)C1. The van der Waals surface area contributed by atoms with Gasteiger partial charge in [-0.1, -0.05) is 13.0 Å². The van der Waals surface area contributed by atoms with Crippen LogP contribution in [0, 0.1) is 12.8 Å². The van der Waals surface area contributed by atoms with Crippen molar-refractivity contribution in [2.24, 2.45) is 5.92 Å². The van der Waals surface area contributed by atoms with Gasteiger partial charge in [-0.3, -0.25) is 10.2 Å². The van der Waals surface area contributed by atoms with E-state index in [4.69, 9.17) is 4.74 Å². The molecule has 1 aliphatic carbocycles. The molecule has 0 spiro atoms. The summed E-state index contributed by atoms with van der Waals surface area (Å²) in [7, 11) is 0. The van der Waals surface area contributed by atoms with Crippen molar-refractivity contribution in [2.45, 2.75) is 70.7 Å². The van der Waals surface area contributed by atoms with E-state index in [1.165, 1.54) is 0 Å². The van der Waals surface area contributed by atoms with E-state index in [0.717, 1.165) is 54.5 Å². The first kappa shape index (κ1) is 21.6. The predicted octanol–water partition coefficient (Wildman–Crippen LogP) is 2.03. The first-order valence-corrected chi connectivity index (χ1v) is 11.2. The topological polar surface area (TPSA) is 120 Å². The van der Waals surface area contributed by atoms with Crippen molar-refractivity contribution >= 4 is 23.0 Å². The number of aromatic nitrogens is 2. The van der Waals surface area contributed by atoms with E-state index in [2.05, 4.69) is 31.5 Å². The number of benzene rings is 1. The highest BCUT2D eigenvalue weighted by Gasteiger charge is 2.37. The number of H-pyrrole nitrogens is 1. The summed E-state index contributed by atoms with van der Waals surface area (Å²) in [5.41, 5.74) is 9.33. The quantitative estimate of drug-likeness (QED) is 0.460. The predicted molar refractivity (Wildman–Crippen MR) is 117 cm³/mol. The van der Waals surface area contributed by atoms with Gasteiger partial charge in [-0.05, 0) is 62.6 Å². The van der Waals surface area contributed by atoms with Gasteiger partial charge in [0.05, 0.1) is 23.6 Å². The second-order valence-electron chi connectivity index (χ2n) is 8.63. The Bertz CT molecular complexity index is 929. The summed E-state index contributed by atoms with van der Waals surface area (Å²) in [6, 6.07) is 6.11. The fourth-order valence-corrected chi connectivity index (χ4v) is 4.58. The Balaban J connectivity index is 1.21. The van der Waals surface area contributed by atoms with Crippen molar-refractivity contribution in [2.75, 3.05) is 6.54 Å². The summed E-state index contributed by atoms with van der Waals surface area (Å²) in [5, 5.41) is 5.83. The molecular weight excluding hydrogens is 396 g/mol. The van der Waals surface area contributed by atoms with Gasteiger partial charge in [0.1, 0.15) is 11.9 Å². The fourth-order valence-electron chi connectivity index (χ4n) is 4.58. The highest BCUT2D eigenvalue weighted by atomic mass is 16.6. The van der Waals surface area contributed by atoms with Gasteiger partial charge in [0.15, 0.2) is 0 Å². The van der Waals surface area contributed by atoms with Gasteiger partial charge >= 0.3 is 6.09 Å². The summed E-state index contributed by atoms with van der Waals surface area (Å²) in [6.07, 6.45) is 4.31. The third-order valence-corrected chi connectivity index (χ3v) is 6.08. The maximum Gasteiger partial charge on any atom is 0.407 e. The van der Waals surface area contributed by atoms with Crippen LogP contribution in [0.5, 0.6) is 0 Å². The zero-order valence-electron chi connectivity index (χ0n) is 18.2. The molecule has 2 fully saturated rings. The van der Waals surface area contributed by atoms with Crippen LogP contribution in [0.1, 0.15) is 50.4 Å². The number of aromatic amines is 1. The van der Waals surface area contributed by atoms with E-state index in [1.807, 2.05) is 32.0 Å². The number of carbonyl (C=O) groups excluding carboxylic acids is 2. The summed E-state index contributed by atoms with van der Waals surface area (Å²) in [6.45, 7) is 4.57. The minimum Gasteiger partial charge on any atom is -0.446 e. The number of ether oxygens (including phenoxy) is 1. The lowest BCUT2D eigenvalue weighted by molar-refractivity contribution is -0.121. The lowest BCUT2D eigenvalue weighted by Gasteiger charge is -2.18. The summed E-state index contributed by atoms with van der Waals surface area (Å²) in [4.78, 5) is 31.9. The first-order chi connectivity index (χ1) is 15.0. The molecule has 1 aromatic heterocycles. The Morgan fingerprint density at radius 1 is 1.23 bits per heavy atom. The molecule has 31 heavy (non-hydrogen) atoms. The number of nitrogens with zero attached hydrogens (tertiary/aromatic N) is 1. The Hall–Kier alpha value is -2.65. The Labute approximate surface area is 182 Å². The van der Waals surface area contributed by atoms with Crippen LogP contribution in [0.3, 0.4) is 0 Å². The number of amides is 2. The van der Waals surface area contributed by atoms with Crippen LogP contribution in [-0.4, -0.2) is 46.8 Å². The van der Waals surface area contributed by atoms with Crippen molar-refractivity contribution in [1.29, 1.82) is 0 Å². The number of aryl methyl sites for hydroxylation is 1. The van der Waals surface area contributed by atoms with Crippen molar-refractivity contribution in [3.05, 3.63) is 29.6 Å². The summed E-state index contributed by atoms with van der Waals surface area (Å²) >= 11 is 0. The van der Waals surface area contributed by atoms with E-state index in [1.54, 1.807) is 0 Å². The number of fused-ring (bicyclic) bond motifs is 1. The van der Waals surface area contributed by atoms with Gasteiger partial charge < -0.3 is 20.4 Å². The van der Waals surface area contributed by atoms with Crippen LogP contribution >= 0.6 is 0 Å². The zero-order chi connectivity index (χ0) is 21.8. The number of hydrogen-bond acceptors (Lipinski definition) is 6. The van der Waals surface area contributed by atoms with Crippen LogP contribution in [0.15, 0.2) is 18.2 Å². The largest absolute Gasteiger partial charge is 0.446 e. The fraction of sp³-hybridized carbons (Fsp3) is 0.591. The molecule has 4 rings (SSSR count). The molecular formula is C22H32N6O3. The molecule has 4 atom stereocenters. The van der Waals surface area contributed by atoms with Gasteiger partial charge in [0.2, 0.25) is 5.91 Å². The minimum absolute atomic E-state index is 0.0178. The van der Waals surface area contributed by atoms with Gasteiger partial charge in [-0.2, -0.15) is 0 Å². The summed E-state index contributed by atoms with van der Waals surface area (Å²) < 4.78 is 5.52. The minimum atomic E-state index is -0.321. The van der Waals surface area contributed by atoms with E-state index in [0.29, 0.717) is 18.9 Å². The van der Waals surface area contributed by atoms with Crippen molar-refractivity contribution < 1.29 is 14.3 Å². The third kappa shape index (κ3) is 5.54. The number of carbonyl (C=O) groups is 2. The second kappa shape index (κ2) is 9.65. The first-order valence-electron chi connectivity index (χ1n) is 11.2. The van der Waals surface area contributed by atoms with Crippen LogP contribution in [-0.2, 0) is 16.0 Å². The zero-order valence-corrected chi connectivity index (χ0v) is 18.2. The monoisotopic (exact) mass is 428 g/mol. The Kier molecular flexibility index (Phi) is 6.72. The van der Waals surface area contributed by atoms with Gasteiger partial charge in [0.25, 0.3) is 0 Å². The second-order valence-corrected chi connectivity index (χ2v) is 8.63. The van der Waals surface area contributed by atoms with Gasteiger partial charge in [-0.25, -0.2) is 15.2 Å².